The predicted octanol–water partition coefficient (Wildman–Crippen LogP) is 3.22. The summed E-state index contributed by atoms with van der Waals surface area (Å²) < 4.78 is 35.3. The van der Waals surface area contributed by atoms with Crippen LogP contribution in [-0.2, 0) is 16.6 Å². The Kier molecular flexibility index (Phi) is 6.20. The number of carbonyl (C=O) groups is 1. The van der Waals surface area contributed by atoms with Crippen molar-refractivity contribution in [2.45, 2.75) is 56.3 Å². The lowest BCUT2D eigenvalue weighted by Gasteiger charge is -2.31. The molecule has 1 fully saturated rings. The minimum atomic E-state index is -3.77. The first kappa shape index (κ1) is 21.6. The number of likely N-dealkylation sites (tertiary alicyclic amines) is 1. The highest BCUT2D eigenvalue weighted by atomic mass is 32.2. The molecule has 2 amide bonds. The van der Waals surface area contributed by atoms with E-state index in [-0.39, 0.29) is 35.7 Å². The molecule has 0 radical (unpaired) electrons. The molecular formula is C23H29N3O4S. The van der Waals surface area contributed by atoms with E-state index >= 15 is 0 Å². The molecule has 1 N–H and O–H groups in total. The molecule has 8 heteroatoms. The number of urea groups is 1. The lowest BCUT2D eigenvalue weighted by molar-refractivity contribution is 0.110. The van der Waals surface area contributed by atoms with Crippen LogP contribution in [0.15, 0.2) is 59.5 Å². The minimum Gasteiger partial charge on any atom is -0.487 e. The van der Waals surface area contributed by atoms with E-state index < -0.39 is 10.0 Å². The summed E-state index contributed by atoms with van der Waals surface area (Å²) in [5.74, 6) is 0.383. The molecule has 2 aromatic carbocycles. The molecule has 166 valence electrons. The van der Waals surface area contributed by atoms with Crippen LogP contribution in [0.4, 0.5) is 4.79 Å². The van der Waals surface area contributed by atoms with Crippen LogP contribution in [0.2, 0.25) is 0 Å². The van der Waals surface area contributed by atoms with Crippen LogP contribution in [0.5, 0.6) is 5.75 Å². The average molecular weight is 444 g/mol. The number of rotatable bonds is 3. The Labute approximate surface area is 184 Å². The fourth-order valence-electron chi connectivity index (χ4n) is 4.26. The summed E-state index contributed by atoms with van der Waals surface area (Å²) in [5, 5.41) is 2.93. The summed E-state index contributed by atoms with van der Waals surface area (Å²) >= 11 is 0. The number of amides is 2. The standard InChI is InChI=1S/C23H29N3O4S/c1-17(2)24-23(27)25-14-12-19-20(13-15-25)30-21-10-6-7-11-22(21)31(28,29)26(19)16-18-8-4-3-5-9-18/h3-11,17,19-20H,12-16H2,1-2H3,(H,24,27)/t19-,20-/m1/s1. The third-order valence-electron chi connectivity index (χ3n) is 5.77. The van der Waals surface area contributed by atoms with Gasteiger partial charge in [0.05, 0.1) is 6.04 Å². The maximum absolute atomic E-state index is 13.7. The SMILES string of the molecule is CC(C)NC(=O)N1CC[C@@H]2[C@@H](CC1)Oc1ccccc1S(=O)(=O)N2Cc1ccccc1. The summed E-state index contributed by atoms with van der Waals surface area (Å²) in [6.07, 6.45) is 0.737. The van der Waals surface area contributed by atoms with Gasteiger partial charge in [-0.25, -0.2) is 13.2 Å². The van der Waals surface area contributed by atoms with Gasteiger partial charge in [-0.1, -0.05) is 42.5 Å². The third-order valence-corrected chi connectivity index (χ3v) is 7.68. The maximum atomic E-state index is 13.7. The Bertz CT molecular complexity index is 1030. The van der Waals surface area contributed by atoms with Crippen molar-refractivity contribution in [3.63, 3.8) is 0 Å². The van der Waals surface area contributed by atoms with Gasteiger partial charge < -0.3 is 15.0 Å². The van der Waals surface area contributed by atoms with Gasteiger partial charge in [0.1, 0.15) is 16.7 Å². The molecule has 0 aromatic heterocycles. The molecule has 4 rings (SSSR count). The quantitative estimate of drug-likeness (QED) is 0.790. The number of nitrogens with zero attached hydrogens (tertiary/aromatic N) is 2. The normalized spacial score (nSPS) is 23.1. The molecule has 2 aromatic rings. The van der Waals surface area contributed by atoms with Crippen molar-refractivity contribution in [3.8, 4) is 5.75 Å². The predicted molar refractivity (Wildman–Crippen MR) is 118 cm³/mol. The zero-order valence-electron chi connectivity index (χ0n) is 17.9. The van der Waals surface area contributed by atoms with Gasteiger partial charge >= 0.3 is 6.03 Å². The monoisotopic (exact) mass is 443 g/mol. The van der Waals surface area contributed by atoms with Crippen molar-refractivity contribution >= 4 is 16.1 Å². The number of hydrogen-bond acceptors (Lipinski definition) is 4. The van der Waals surface area contributed by atoms with Crippen LogP contribution in [0.1, 0.15) is 32.3 Å². The third kappa shape index (κ3) is 4.55. The van der Waals surface area contributed by atoms with E-state index in [2.05, 4.69) is 5.32 Å². The lowest BCUT2D eigenvalue weighted by atomic mass is 10.1. The Morgan fingerprint density at radius 3 is 2.48 bits per heavy atom. The minimum absolute atomic E-state index is 0.0410. The molecular weight excluding hydrogens is 414 g/mol. The van der Waals surface area contributed by atoms with Gasteiger partial charge in [0.25, 0.3) is 0 Å². The molecule has 0 bridgehead atoms. The van der Waals surface area contributed by atoms with Crippen LogP contribution in [0.25, 0.3) is 0 Å². The number of hydrogen-bond donors (Lipinski definition) is 1. The number of sulfonamides is 1. The van der Waals surface area contributed by atoms with E-state index in [4.69, 9.17) is 4.74 Å². The number of para-hydroxylation sites is 1. The van der Waals surface area contributed by atoms with Crippen molar-refractivity contribution in [3.05, 3.63) is 60.2 Å². The van der Waals surface area contributed by atoms with E-state index in [0.29, 0.717) is 31.7 Å². The molecule has 0 spiro atoms. The second-order valence-corrected chi connectivity index (χ2v) is 10.2. The summed E-state index contributed by atoms with van der Waals surface area (Å²) in [5.41, 5.74) is 0.919. The molecule has 0 saturated carbocycles. The van der Waals surface area contributed by atoms with Gasteiger partial charge in [-0.3, -0.25) is 0 Å². The zero-order chi connectivity index (χ0) is 22.0. The molecule has 0 unspecified atom stereocenters. The van der Waals surface area contributed by atoms with Crippen molar-refractivity contribution in [2.75, 3.05) is 13.1 Å². The number of nitrogens with one attached hydrogen (secondary N) is 1. The van der Waals surface area contributed by atoms with Gasteiger partial charge in [-0.2, -0.15) is 4.31 Å². The smallest absolute Gasteiger partial charge is 0.317 e. The Hall–Kier alpha value is -2.58. The lowest BCUT2D eigenvalue weighted by Crippen LogP contribution is -2.46. The van der Waals surface area contributed by atoms with Crippen molar-refractivity contribution in [2.24, 2.45) is 0 Å². The molecule has 2 aliphatic rings. The fourth-order valence-corrected chi connectivity index (χ4v) is 6.05. The Morgan fingerprint density at radius 1 is 1.06 bits per heavy atom. The van der Waals surface area contributed by atoms with Gasteiger partial charge in [-0.05, 0) is 38.0 Å². The van der Waals surface area contributed by atoms with E-state index in [1.54, 1.807) is 33.5 Å². The van der Waals surface area contributed by atoms with Gasteiger partial charge in [0, 0.05) is 32.1 Å². The van der Waals surface area contributed by atoms with E-state index in [1.165, 1.54) is 0 Å². The highest BCUT2D eigenvalue weighted by molar-refractivity contribution is 7.89. The second kappa shape index (κ2) is 8.88. The van der Waals surface area contributed by atoms with Gasteiger partial charge in [0.15, 0.2) is 0 Å². The van der Waals surface area contributed by atoms with Crippen molar-refractivity contribution < 1.29 is 17.9 Å². The molecule has 2 heterocycles. The van der Waals surface area contributed by atoms with Gasteiger partial charge in [-0.15, -0.1) is 0 Å². The highest BCUT2D eigenvalue weighted by Crippen LogP contribution is 2.37. The van der Waals surface area contributed by atoms with Crippen LogP contribution in [0.3, 0.4) is 0 Å². The molecule has 2 atom stereocenters. The van der Waals surface area contributed by atoms with Crippen molar-refractivity contribution in [1.29, 1.82) is 0 Å². The highest BCUT2D eigenvalue weighted by Gasteiger charge is 2.43. The number of ether oxygens (including phenoxy) is 1. The van der Waals surface area contributed by atoms with Crippen LogP contribution < -0.4 is 10.1 Å². The first-order valence-electron chi connectivity index (χ1n) is 10.7. The molecule has 1 saturated heterocycles. The van der Waals surface area contributed by atoms with E-state index in [0.717, 1.165) is 5.56 Å². The Balaban J connectivity index is 1.70. The summed E-state index contributed by atoms with van der Waals surface area (Å²) in [6.45, 7) is 5.10. The van der Waals surface area contributed by atoms with Crippen LogP contribution >= 0.6 is 0 Å². The second-order valence-electron chi connectivity index (χ2n) is 8.37. The van der Waals surface area contributed by atoms with Gasteiger partial charge in [0.2, 0.25) is 10.0 Å². The zero-order valence-corrected chi connectivity index (χ0v) is 18.7. The average Bonchev–Trinajstić information content (AvgIpc) is 2.99. The number of benzene rings is 2. The maximum Gasteiger partial charge on any atom is 0.317 e. The van der Waals surface area contributed by atoms with Crippen LogP contribution in [0, 0.1) is 0 Å². The Morgan fingerprint density at radius 2 is 1.74 bits per heavy atom. The number of fused-ring (bicyclic) bond motifs is 2. The molecule has 31 heavy (non-hydrogen) atoms. The fraction of sp³-hybridized carbons (Fsp3) is 0.435. The van der Waals surface area contributed by atoms with Crippen LogP contribution in [-0.4, -0.2) is 54.9 Å². The summed E-state index contributed by atoms with van der Waals surface area (Å²) in [4.78, 5) is 14.5. The van der Waals surface area contributed by atoms with Crippen molar-refractivity contribution in [1.82, 2.24) is 14.5 Å². The van der Waals surface area contributed by atoms with E-state index in [9.17, 15) is 13.2 Å². The largest absolute Gasteiger partial charge is 0.487 e. The number of carbonyl (C=O) groups excluding carboxylic acids is 1. The molecule has 7 nitrogen and oxygen atoms in total. The first-order valence-corrected chi connectivity index (χ1v) is 12.2. The first-order chi connectivity index (χ1) is 14.9. The molecule has 2 aliphatic heterocycles. The van der Waals surface area contributed by atoms with E-state index in [1.807, 2.05) is 44.2 Å². The molecule has 0 aliphatic carbocycles. The summed E-state index contributed by atoms with van der Waals surface area (Å²) in [6, 6.07) is 16.0. The topological polar surface area (TPSA) is 79.0 Å². The summed E-state index contributed by atoms with van der Waals surface area (Å²) in [7, 11) is -3.77.